The molecule has 3 nitrogen and oxygen atoms in total. The van der Waals surface area contributed by atoms with Crippen LogP contribution in [-0.4, -0.2) is 55.1 Å². The number of halogens is 2. The molecule has 3 rings (SSSR count). The van der Waals surface area contributed by atoms with Gasteiger partial charge in [0.25, 0.3) is 0 Å². The lowest BCUT2D eigenvalue weighted by Crippen LogP contribution is -2.50. The summed E-state index contributed by atoms with van der Waals surface area (Å²) < 4.78 is 0.993. The van der Waals surface area contributed by atoms with Crippen molar-refractivity contribution in [2.45, 2.75) is 19.0 Å². The summed E-state index contributed by atoms with van der Waals surface area (Å²) in [6, 6.07) is 7.00. The van der Waals surface area contributed by atoms with Gasteiger partial charge in [0.15, 0.2) is 0 Å². The van der Waals surface area contributed by atoms with Crippen molar-refractivity contribution in [2.75, 3.05) is 39.3 Å². The molecule has 20 heavy (non-hydrogen) atoms. The van der Waals surface area contributed by atoms with Crippen molar-refractivity contribution >= 4 is 27.5 Å². The SMILES string of the molecule is Clc1ccc(CN2CCN(C3CCNC3)CC2)cc1Br. The van der Waals surface area contributed by atoms with Crippen LogP contribution in [0, 0.1) is 0 Å². The number of hydrogen-bond donors (Lipinski definition) is 1. The Morgan fingerprint density at radius 1 is 1.25 bits per heavy atom. The number of piperazine rings is 1. The van der Waals surface area contributed by atoms with E-state index in [0.717, 1.165) is 35.2 Å². The molecule has 5 heteroatoms. The molecule has 1 aromatic carbocycles. The van der Waals surface area contributed by atoms with Crippen LogP contribution in [0.3, 0.4) is 0 Å². The number of nitrogens with zero attached hydrogens (tertiary/aromatic N) is 2. The molecule has 2 aliphatic rings. The maximum Gasteiger partial charge on any atom is 0.0548 e. The molecule has 110 valence electrons. The minimum atomic E-state index is 0.766. The highest BCUT2D eigenvalue weighted by Crippen LogP contribution is 2.24. The van der Waals surface area contributed by atoms with E-state index in [4.69, 9.17) is 11.6 Å². The fraction of sp³-hybridized carbons (Fsp3) is 0.600. The Balaban J connectivity index is 1.51. The van der Waals surface area contributed by atoms with E-state index >= 15 is 0 Å². The van der Waals surface area contributed by atoms with Crippen LogP contribution in [-0.2, 0) is 6.54 Å². The predicted octanol–water partition coefficient (Wildman–Crippen LogP) is 2.58. The molecular formula is C15H21BrClN3. The minimum absolute atomic E-state index is 0.766. The Hall–Kier alpha value is -0.130. The Bertz CT molecular complexity index is 454. The maximum atomic E-state index is 6.04. The molecule has 2 saturated heterocycles. The third-order valence-corrected chi connectivity index (χ3v) is 5.56. The van der Waals surface area contributed by atoms with Crippen LogP contribution < -0.4 is 5.32 Å². The lowest BCUT2D eigenvalue weighted by molar-refractivity contribution is 0.0981. The second kappa shape index (κ2) is 6.75. The largest absolute Gasteiger partial charge is 0.315 e. The summed E-state index contributed by atoms with van der Waals surface area (Å²) in [6.45, 7) is 8.09. The highest BCUT2D eigenvalue weighted by molar-refractivity contribution is 9.10. The van der Waals surface area contributed by atoms with E-state index in [1.807, 2.05) is 6.07 Å². The summed E-state index contributed by atoms with van der Waals surface area (Å²) in [5.41, 5.74) is 1.33. The maximum absolute atomic E-state index is 6.04. The van der Waals surface area contributed by atoms with E-state index in [-0.39, 0.29) is 0 Å². The van der Waals surface area contributed by atoms with Gasteiger partial charge in [-0.05, 0) is 46.6 Å². The van der Waals surface area contributed by atoms with Crippen LogP contribution in [0.2, 0.25) is 5.02 Å². The van der Waals surface area contributed by atoms with Crippen LogP contribution in [0.5, 0.6) is 0 Å². The zero-order chi connectivity index (χ0) is 13.9. The first-order valence-electron chi connectivity index (χ1n) is 7.33. The van der Waals surface area contributed by atoms with Crippen molar-refractivity contribution in [3.8, 4) is 0 Å². The van der Waals surface area contributed by atoms with E-state index in [1.165, 1.54) is 38.2 Å². The van der Waals surface area contributed by atoms with Crippen LogP contribution in [0.1, 0.15) is 12.0 Å². The van der Waals surface area contributed by atoms with E-state index in [9.17, 15) is 0 Å². The third kappa shape index (κ3) is 3.55. The quantitative estimate of drug-likeness (QED) is 0.896. The van der Waals surface area contributed by atoms with Crippen LogP contribution in [0.4, 0.5) is 0 Å². The molecule has 0 amide bonds. The molecule has 0 aromatic heterocycles. The summed E-state index contributed by atoms with van der Waals surface area (Å²) in [5.74, 6) is 0. The van der Waals surface area contributed by atoms with Gasteiger partial charge in [-0.2, -0.15) is 0 Å². The van der Waals surface area contributed by atoms with Gasteiger partial charge in [-0.3, -0.25) is 9.80 Å². The van der Waals surface area contributed by atoms with Crippen molar-refractivity contribution in [3.63, 3.8) is 0 Å². The molecule has 0 saturated carbocycles. The van der Waals surface area contributed by atoms with Gasteiger partial charge in [0.05, 0.1) is 5.02 Å². The van der Waals surface area contributed by atoms with Crippen molar-refractivity contribution in [3.05, 3.63) is 33.3 Å². The Labute approximate surface area is 134 Å². The number of rotatable bonds is 3. The average Bonchev–Trinajstić information content (AvgIpc) is 2.98. The van der Waals surface area contributed by atoms with Crippen molar-refractivity contribution < 1.29 is 0 Å². The van der Waals surface area contributed by atoms with Crippen LogP contribution in [0.25, 0.3) is 0 Å². The van der Waals surface area contributed by atoms with Gasteiger partial charge in [0.2, 0.25) is 0 Å². The molecule has 2 aliphatic heterocycles. The first-order valence-corrected chi connectivity index (χ1v) is 8.50. The van der Waals surface area contributed by atoms with Gasteiger partial charge < -0.3 is 5.32 Å². The average molecular weight is 359 g/mol. The summed E-state index contributed by atoms with van der Waals surface area (Å²) in [5, 5.41) is 4.24. The number of benzene rings is 1. The van der Waals surface area contributed by atoms with Gasteiger partial charge in [-0.25, -0.2) is 0 Å². The first-order chi connectivity index (χ1) is 9.72. The van der Waals surface area contributed by atoms with Gasteiger partial charge in [-0.1, -0.05) is 17.7 Å². The highest BCUT2D eigenvalue weighted by Gasteiger charge is 2.25. The van der Waals surface area contributed by atoms with Crippen molar-refractivity contribution in [1.82, 2.24) is 15.1 Å². The normalized spacial score (nSPS) is 25.2. The van der Waals surface area contributed by atoms with Crippen LogP contribution >= 0.6 is 27.5 Å². The second-order valence-corrected chi connectivity index (χ2v) is 6.97. The standard InChI is InChI=1S/C15H21BrClN3/c16-14-9-12(1-2-15(14)17)11-19-5-7-20(8-6-19)13-3-4-18-10-13/h1-2,9,13,18H,3-8,10-11H2. The topological polar surface area (TPSA) is 18.5 Å². The van der Waals surface area contributed by atoms with E-state index in [1.54, 1.807) is 0 Å². The zero-order valence-electron chi connectivity index (χ0n) is 11.6. The van der Waals surface area contributed by atoms with Gasteiger partial charge in [0, 0.05) is 49.8 Å². The molecule has 0 radical (unpaired) electrons. The lowest BCUT2D eigenvalue weighted by Gasteiger charge is -2.37. The summed E-state index contributed by atoms with van der Waals surface area (Å²) >= 11 is 9.54. The smallest absolute Gasteiger partial charge is 0.0548 e. The fourth-order valence-electron chi connectivity index (χ4n) is 3.13. The minimum Gasteiger partial charge on any atom is -0.315 e. The molecule has 1 atom stereocenters. The lowest BCUT2D eigenvalue weighted by atomic mass is 10.1. The van der Waals surface area contributed by atoms with Crippen LogP contribution in [0.15, 0.2) is 22.7 Å². The Kier molecular flexibility index (Phi) is 5.00. The molecule has 0 aliphatic carbocycles. The summed E-state index contributed by atoms with van der Waals surface area (Å²) in [7, 11) is 0. The second-order valence-electron chi connectivity index (χ2n) is 5.71. The Morgan fingerprint density at radius 2 is 2.05 bits per heavy atom. The van der Waals surface area contributed by atoms with Gasteiger partial charge in [0.1, 0.15) is 0 Å². The Morgan fingerprint density at radius 3 is 2.70 bits per heavy atom. The fourth-order valence-corrected chi connectivity index (χ4v) is 3.68. The molecule has 2 fully saturated rings. The monoisotopic (exact) mass is 357 g/mol. The van der Waals surface area contributed by atoms with Gasteiger partial charge in [-0.15, -0.1) is 0 Å². The molecule has 1 N–H and O–H groups in total. The summed E-state index contributed by atoms with van der Waals surface area (Å²) in [6.07, 6.45) is 1.31. The predicted molar refractivity (Wildman–Crippen MR) is 87.3 cm³/mol. The molecule has 0 spiro atoms. The molecule has 1 aromatic rings. The number of hydrogen-bond acceptors (Lipinski definition) is 3. The highest BCUT2D eigenvalue weighted by atomic mass is 79.9. The van der Waals surface area contributed by atoms with Crippen molar-refractivity contribution in [1.29, 1.82) is 0 Å². The third-order valence-electron chi connectivity index (χ3n) is 4.35. The van der Waals surface area contributed by atoms with E-state index < -0.39 is 0 Å². The molecule has 2 heterocycles. The molecule has 1 unspecified atom stereocenters. The molecule has 0 bridgehead atoms. The van der Waals surface area contributed by atoms with E-state index in [2.05, 4.69) is 43.2 Å². The van der Waals surface area contributed by atoms with Crippen molar-refractivity contribution in [2.24, 2.45) is 0 Å². The first kappa shape index (κ1) is 14.8. The summed E-state index contributed by atoms with van der Waals surface area (Å²) in [4.78, 5) is 5.18. The number of nitrogens with one attached hydrogen (secondary N) is 1. The molecular weight excluding hydrogens is 338 g/mol. The van der Waals surface area contributed by atoms with E-state index in [0.29, 0.717) is 0 Å². The zero-order valence-corrected chi connectivity index (χ0v) is 14.0. The van der Waals surface area contributed by atoms with Gasteiger partial charge >= 0.3 is 0 Å².